The van der Waals surface area contributed by atoms with E-state index in [1.54, 1.807) is 0 Å². The van der Waals surface area contributed by atoms with Crippen LogP contribution >= 0.6 is 11.8 Å². The predicted molar refractivity (Wildman–Crippen MR) is 74.2 cm³/mol. The number of benzene rings is 1. The maximum absolute atomic E-state index is 9.43. The van der Waals surface area contributed by atoms with Crippen LogP contribution in [0.15, 0.2) is 52.6 Å². The molecule has 0 bridgehead atoms. The van der Waals surface area contributed by atoms with E-state index in [2.05, 4.69) is 10.2 Å². The van der Waals surface area contributed by atoms with Gasteiger partial charge in [0.15, 0.2) is 10.8 Å². The highest BCUT2D eigenvalue weighted by Crippen LogP contribution is 2.30. The Morgan fingerprint density at radius 1 is 1.21 bits per heavy atom. The molecular formula is C14H13N3OS. The number of hydrogen-bond acceptors (Lipinski definition) is 4. The molecule has 2 aromatic heterocycles. The Hall–Kier alpha value is -1.85. The molecule has 4 nitrogen and oxygen atoms in total. The summed E-state index contributed by atoms with van der Waals surface area (Å²) in [6.07, 6.45) is 1.93. The number of nitrogens with zero attached hydrogens (tertiary/aromatic N) is 3. The summed E-state index contributed by atoms with van der Waals surface area (Å²) in [6.45, 7) is 2.04. The van der Waals surface area contributed by atoms with E-state index in [0.29, 0.717) is 0 Å². The van der Waals surface area contributed by atoms with E-state index in [4.69, 9.17) is 0 Å². The maximum atomic E-state index is 9.43. The van der Waals surface area contributed by atoms with Gasteiger partial charge in [0, 0.05) is 11.1 Å². The van der Waals surface area contributed by atoms with Crippen molar-refractivity contribution in [3.8, 4) is 0 Å². The van der Waals surface area contributed by atoms with Crippen molar-refractivity contribution in [2.45, 2.75) is 23.6 Å². The molecule has 3 rings (SSSR count). The molecule has 0 aliphatic heterocycles. The molecule has 1 N–H and O–H groups in total. The van der Waals surface area contributed by atoms with Crippen molar-refractivity contribution in [1.29, 1.82) is 0 Å². The summed E-state index contributed by atoms with van der Waals surface area (Å²) in [5.74, 6) is 0. The molecule has 0 spiro atoms. The van der Waals surface area contributed by atoms with Crippen LogP contribution in [0.25, 0.3) is 5.65 Å². The normalized spacial score (nSPS) is 11.1. The van der Waals surface area contributed by atoms with Crippen LogP contribution < -0.4 is 0 Å². The highest BCUT2D eigenvalue weighted by molar-refractivity contribution is 7.99. The van der Waals surface area contributed by atoms with E-state index in [1.807, 2.05) is 53.9 Å². The minimum absolute atomic E-state index is 0.0285. The molecule has 5 heteroatoms. The second-order valence-corrected chi connectivity index (χ2v) is 5.29. The standard InChI is InChI=1S/C14H13N3OS/c1-10-5-6-12(11(8-10)9-18)19-14-16-15-13-4-2-3-7-17(13)14/h2-8,18H,9H2,1H3. The summed E-state index contributed by atoms with van der Waals surface area (Å²) >= 11 is 1.51. The van der Waals surface area contributed by atoms with Crippen LogP contribution in [0.3, 0.4) is 0 Å². The Morgan fingerprint density at radius 3 is 2.95 bits per heavy atom. The van der Waals surface area contributed by atoms with E-state index in [0.717, 1.165) is 26.8 Å². The van der Waals surface area contributed by atoms with Gasteiger partial charge in [0.2, 0.25) is 0 Å². The van der Waals surface area contributed by atoms with Gasteiger partial charge in [0.25, 0.3) is 0 Å². The summed E-state index contributed by atoms with van der Waals surface area (Å²) in [6, 6.07) is 11.8. The molecule has 2 heterocycles. The van der Waals surface area contributed by atoms with Crippen molar-refractivity contribution in [1.82, 2.24) is 14.6 Å². The molecular weight excluding hydrogens is 258 g/mol. The van der Waals surface area contributed by atoms with E-state index >= 15 is 0 Å². The Bertz CT molecular complexity index is 724. The van der Waals surface area contributed by atoms with Gasteiger partial charge in [0.05, 0.1) is 6.61 Å². The lowest BCUT2D eigenvalue weighted by molar-refractivity contribution is 0.279. The van der Waals surface area contributed by atoms with Crippen molar-refractivity contribution in [3.05, 3.63) is 53.7 Å². The number of aryl methyl sites for hydroxylation is 1. The molecule has 0 saturated heterocycles. The fourth-order valence-electron chi connectivity index (χ4n) is 1.92. The Kier molecular flexibility index (Phi) is 3.23. The van der Waals surface area contributed by atoms with Gasteiger partial charge in [-0.1, -0.05) is 23.8 Å². The van der Waals surface area contributed by atoms with Crippen molar-refractivity contribution >= 4 is 17.4 Å². The van der Waals surface area contributed by atoms with E-state index in [1.165, 1.54) is 11.8 Å². The van der Waals surface area contributed by atoms with E-state index < -0.39 is 0 Å². The number of aliphatic hydroxyl groups excluding tert-OH is 1. The van der Waals surface area contributed by atoms with Crippen LogP contribution in [0.5, 0.6) is 0 Å². The lowest BCUT2D eigenvalue weighted by atomic mass is 10.1. The predicted octanol–water partition coefficient (Wildman–Crippen LogP) is 2.68. The molecule has 3 aromatic rings. The first-order valence-electron chi connectivity index (χ1n) is 5.96. The summed E-state index contributed by atoms with van der Waals surface area (Å²) in [7, 11) is 0. The summed E-state index contributed by atoms with van der Waals surface area (Å²) in [5.41, 5.74) is 2.87. The number of pyridine rings is 1. The Morgan fingerprint density at radius 2 is 2.11 bits per heavy atom. The zero-order valence-corrected chi connectivity index (χ0v) is 11.3. The molecule has 0 unspecified atom stereocenters. The van der Waals surface area contributed by atoms with Gasteiger partial charge in [-0.05, 0) is 42.4 Å². The molecule has 0 amide bonds. The fraction of sp³-hybridized carbons (Fsp3) is 0.143. The number of fused-ring (bicyclic) bond motifs is 1. The second kappa shape index (κ2) is 5.03. The van der Waals surface area contributed by atoms with Crippen molar-refractivity contribution in [3.63, 3.8) is 0 Å². The van der Waals surface area contributed by atoms with Gasteiger partial charge in [-0.3, -0.25) is 4.40 Å². The van der Waals surface area contributed by atoms with Crippen LogP contribution in [0, 0.1) is 6.92 Å². The van der Waals surface area contributed by atoms with E-state index in [-0.39, 0.29) is 6.61 Å². The summed E-state index contributed by atoms with van der Waals surface area (Å²) in [5, 5.41) is 18.5. The minimum atomic E-state index is 0.0285. The van der Waals surface area contributed by atoms with Crippen LogP contribution in [0.2, 0.25) is 0 Å². The largest absolute Gasteiger partial charge is 0.392 e. The molecule has 1 aromatic carbocycles. The quantitative estimate of drug-likeness (QED) is 0.795. The van der Waals surface area contributed by atoms with Crippen LogP contribution in [0.1, 0.15) is 11.1 Å². The molecule has 0 aliphatic rings. The number of hydrogen-bond donors (Lipinski definition) is 1. The maximum Gasteiger partial charge on any atom is 0.200 e. The number of aliphatic hydroxyl groups is 1. The van der Waals surface area contributed by atoms with Gasteiger partial charge in [-0.2, -0.15) is 0 Å². The smallest absolute Gasteiger partial charge is 0.200 e. The third-order valence-electron chi connectivity index (χ3n) is 2.87. The highest BCUT2D eigenvalue weighted by atomic mass is 32.2. The SMILES string of the molecule is Cc1ccc(Sc2nnc3ccccn23)c(CO)c1. The Balaban J connectivity index is 2.01. The third kappa shape index (κ3) is 2.34. The Labute approximate surface area is 115 Å². The first-order chi connectivity index (χ1) is 9.28. The van der Waals surface area contributed by atoms with Gasteiger partial charge in [-0.15, -0.1) is 10.2 Å². The van der Waals surface area contributed by atoms with Crippen LogP contribution in [-0.4, -0.2) is 19.7 Å². The number of rotatable bonds is 3. The monoisotopic (exact) mass is 271 g/mol. The second-order valence-electron chi connectivity index (χ2n) is 4.28. The van der Waals surface area contributed by atoms with Gasteiger partial charge in [-0.25, -0.2) is 0 Å². The highest BCUT2D eigenvalue weighted by Gasteiger charge is 2.09. The van der Waals surface area contributed by atoms with Crippen molar-refractivity contribution in [2.75, 3.05) is 0 Å². The molecule has 0 atom stereocenters. The van der Waals surface area contributed by atoms with Crippen molar-refractivity contribution in [2.24, 2.45) is 0 Å². The first-order valence-corrected chi connectivity index (χ1v) is 6.77. The summed E-state index contributed by atoms with van der Waals surface area (Å²) in [4.78, 5) is 1.01. The molecule has 0 fully saturated rings. The minimum Gasteiger partial charge on any atom is -0.392 e. The third-order valence-corrected chi connectivity index (χ3v) is 3.95. The van der Waals surface area contributed by atoms with E-state index in [9.17, 15) is 5.11 Å². The lowest BCUT2D eigenvalue weighted by Crippen LogP contribution is -1.91. The number of aromatic nitrogens is 3. The fourth-order valence-corrected chi connectivity index (χ4v) is 2.84. The average molecular weight is 271 g/mol. The first kappa shape index (κ1) is 12.2. The van der Waals surface area contributed by atoms with Gasteiger partial charge < -0.3 is 5.11 Å². The van der Waals surface area contributed by atoms with Crippen molar-refractivity contribution < 1.29 is 5.11 Å². The van der Waals surface area contributed by atoms with Crippen LogP contribution in [-0.2, 0) is 6.61 Å². The van der Waals surface area contributed by atoms with Gasteiger partial charge in [0.1, 0.15) is 0 Å². The van der Waals surface area contributed by atoms with Gasteiger partial charge >= 0.3 is 0 Å². The zero-order valence-electron chi connectivity index (χ0n) is 10.4. The summed E-state index contributed by atoms with van der Waals surface area (Å²) < 4.78 is 1.94. The zero-order chi connectivity index (χ0) is 13.2. The average Bonchev–Trinajstić information content (AvgIpc) is 2.84. The molecule has 0 aliphatic carbocycles. The lowest BCUT2D eigenvalue weighted by Gasteiger charge is -2.06. The van der Waals surface area contributed by atoms with Crippen LogP contribution in [0.4, 0.5) is 0 Å². The topological polar surface area (TPSA) is 50.4 Å². The molecule has 0 saturated carbocycles. The molecule has 0 radical (unpaired) electrons. The molecule has 19 heavy (non-hydrogen) atoms. The molecule has 96 valence electrons.